The predicted octanol–water partition coefficient (Wildman–Crippen LogP) is 4.07. The number of pyridine rings is 2. The molecule has 1 saturated heterocycles. The van der Waals surface area contributed by atoms with Crippen molar-refractivity contribution >= 4 is 5.65 Å². The Labute approximate surface area is 188 Å². The van der Waals surface area contributed by atoms with Crippen molar-refractivity contribution in [2.45, 2.75) is 13.0 Å². The number of benzene rings is 1. The zero-order valence-electron chi connectivity index (χ0n) is 18.3. The largest absolute Gasteiger partial charge is 0.305 e. The van der Waals surface area contributed by atoms with Crippen molar-refractivity contribution in [3.63, 3.8) is 0 Å². The van der Waals surface area contributed by atoms with Crippen LogP contribution in [0, 0.1) is 11.3 Å². The third kappa shape index (κ3) is 4.13. The third-order valence-corrected chi connectivity index (χ3v) is 6.19. The van der Waals surface area contributed by atoms with E-state index in [1.165, 1.54) is 12.1 Å². The van der Waals surface area contributed by atoms with Crippen LogP contribution in [0.15, 0.2) is 67.1 Å². The lowest BCUT2D eigenvalue weighted by atomic mass is 10.1. The fourth-order valence-corrected chi connectivity index (χ4v) is 4.35. The van der Waals surface area contributed by atoms with Gasteiger partial charge < -0.3 is 9.30 Å². The van der Waals surface area contributed by atoms with Crippen molar-refractivity contribution in [2.75, 3.05) is 33.2 Å². The Bertz CT molecular complexity index is 1250. The van der Waals surface area contributed by atoms with Crippen molar-refractivity contribution < 1.29 is 0 Å². The quantitative estimate of drug-likeness (QED) is 0.496. The number of rotatable bonds is 4. The normalized spacial score (nSPS) is 15.5. The molecule has 0 saturated carbocycles. The van der Waals surface area contributed by atoms with Gasteiger partial charge in [0.05, 0.1) is 23.0 Å². The van der Waals surface area contributed by atoms with Gasteiger partial charge in [-0.3, -0.25) is 9.88 Å². The number of nitrogens with zero attached hydrogens (tertiary/aromatic N) is 6. The van der Waals surface area contributed by atoms with Gasteiger partial charge >= 0.3 is 0 Å². The van der Waals surface area contributed by atoms with Crippen LogP contribution in [0.5, 0.6) is 0 Å². The lowest BCUT2D eigenvalue weighted by molar-refractivity contribution is 0.266. The molecule has 32 heavy (non-hydrogen) atoms. The lowest BCUT2D eigenvalue weighted by Gasteiger charge is -2.20. The molecule has 4 heterocycles. The topological polar surface area (TPSA) is 60.5 Å². The van der Waals surface area contributed by atoms with Crippen molar-refractivity contribution in [1.29, 1.82) is 5.26 Å². The van der Waals surface area contributed by atoms with Gasteiger partial charge in [-0.25, -0.2) is 4.98 Å². The molecule has 0 aliphatic carbocycles. The second-order valence-electron chi connectivity index (χ2n) is 8.42. The molecule has 0 spiro atoms. The summed E-state index contributed by atoms with van der Waals surface area (Å²) in [5.74, 6) is 0. The zero-order valence-corrected chi connectivity index (χ0v) is 18.3. The van der Waals surface area contributed by atoms with E-state index in [-0.39, 0.29) is 0 Å². The second kappa shape index (κ2) is 8.91. The Morgan fingerprint density at radius 2 is 1.78 bits per heavy atom. The number of aromatic nitrogens is 3. The molecule has 1 fully saturated rings. The molecule has 0 amide bonds. The number of likely N-dealkylation sites (N-methyl/N-ethyl adjacent to an activating group) is 1. The SMILES string of the molecule is CN1CCCN(Cc2c(-c3ccc(C#N)cc3)nc3ccc(-c4cccnc4)cn23)CC1. The van der Waals surface area contributed by atoms with E-state index in [0.29, 0.717) is 5.56 Å². The third-order valence-electron chi connectivity index (χ3n) is 6.19. The second-order valence-corrected chi connectivity index (χ2v) is 8.42. The molecule has 0 bridgehead atoms. The number of hydrogen-bond acceptors (Lipinski definition) is 5. The summed E-state index contributed by atoms with van der Waals surface area (Å²) in [6.45, 7) is 5.16. The summed E-state index contributed by atoms with van der Waals surface area (Å²) < 4.78 is 2.23. The Kier molecular flexibility index (Phi) is 5.68. The zero-order chi connectivity index (χ0) is 21.9. The molecule has 160 valence electrons. The van der Waals surface area contributed by atoms with Crippen molar-refractivity contribution in [3.8, 4) is 28.5 Å². The van der Waals surface area contributed by atoms with E-state index >= 15 is 0 Å². The number of hydrogen-bond donors (Lipinski definition) is 0. The van der Waals surface area contributed by atoms with Crippen LogP contribution in [-0.2, 0) is 6.54 Å². The van der Waals surface area contributed by atoms with Crippen LogP contribution < -0.4 is 0 Å². The minimum Gasteiger partial charge on any atom is -0.305 e. The maximum Gasteiger partial charge on any atom is 0.137 e. The molecule has 6 heteroatoms. The van der Waals surface area contributed by atoms with Gasteiger partial charge in [0.15, 0.2) is 0 Å². The van der Waals surface area contributed by atoms with Crippen molar-refractivity contribution in [3.05, 3.63) is 78.4 Å². The number of nitriles is 1. The van der Waals surface area contributed by atoms with Gasteiger partial charge in [0, 0.05) is 54.9 Å². The van der Waals surface area contributed by atoms with E-state index in [0.717, 1.165) is 60.8 Å². The first-order valence-corrected chi connectivity index (χ1v) is 11.0. The molecule has 5 rings (SSSR count). The van der Waals surface area contributed by atoms with Crippen LogP contribution in [0.1, 0.15) is 17.7 Å². The van der Waals surface area contributed by atoms with Gasteiger partial charge in [-0.1, -0.05) is 18.2 Å². The molecule has 4 aromatic rings. The van der Waals surface area contributed by atoms with E-state index in [9.17, 15) is 5.26 Å². The Hall–Kier alpha value is -3.53. The van der Waals surface area contributed by atoms with Crippen molar-refractivity contribution in [1.82, 2.24) is 24.2 Å². The highest BCUT2D eigenvalue weighted by molar-refractivity contribution is 5.70. The first-order chi connectivity index (χ1) is 15.7. The Balaban J connectivity index is 1.60. The fraction of sp³-hybridized carbons (Fsp3) is 0.269. The van der Waals surface area contributed by atoms with E-state index in [4.69, 9.17) is 4.98 Å². The first-order valence-electron chi connectivity index (χ1n) is 11.0. The van der Waals surface area contributed by atoms with Crippen LogP contribution in [0.2, 0.25) is 0 Å². The van der Waals surface area contributed by atoms with Gasteiger partial charge in [-0.05, 0) is 56.9 Å². The summed E-state index contributed by atoms with van der Waals surface area (Å²) in [7, 11) is 2.19. The molecule has 3 aromatic heterocycles. The maximum atomic E-state index is 9.19. The number of imidazole rings is 1. The average Bonchev–Trinajstić information content (AvgIpc) is 3.06. The van der Waals surface area contributed by atoms with E-state index in [2.05, 4.69) is 56.7 Å². The highest BCUT2D eigenvalue weighted by atomic mass is 15.2. The molecule has 1 aliphatic heterocycles. The van der Waals surface area contributed by atoms with Crippen LogP contribution in [0.4, 0.5) is 0 Å². The highest BCUT2D eigenvalue weighted by Gasteiger charge is 2.19. The van der Waals surface area contributed by atoms with Crippen LogP contribution in [0.3, 0.4) is 0 Å². The average molecular weight is 423 g/mol. The maximum absolute atomic E-state index is 9.19. The minimum atomic E-state index is 0.661. The van der Waals surface area contributed by atoms with Gasteiger partial charge in [-0.2, -0.15) is 5.26 Å². The summed E-state index contributed by atoms with van der Waals surface area (Å²) in [6, 6.07) is 18.2. The summed E-state index contributed by atoms with van der Waals surface area (Å²) in [4.78, 5) is 14.2. The standard InChI is InChI=1S/C26H26N6/c1-30-12-3-13-31(15-14-30)19-24-26(21-7-5-20(16-27)6-8-21)29-25-10-9-23(18-32(24)25)22-4-2-11-28-17-22/h2,4-11,17-18H,3,12-15,19H2,1H3. The summed E-state index contributed by atoms with van der Waals surface area (Å²) in [5.41, 5.74) is 7.00. The molecule has 1 aliphatic rings. The molecule has 0 radical (unpaired) electrons. The fourth-order valence-electron chi connectivity index (χ4n) is 4.35. The molecule has 0 N–H and O–H groups in total. The molecule has 0 unspecified atom stereocenters. The molecule has 6 nitrogen and oxygen atoms in total. The molecule has 0 atom stereocenters. The van der Waals surface area contributed by atoms with E-state index in [1.807, 2.05) is 36.5 Å². The predicted molar refractivity (Wildman–Crippen MR) is 126 cm³/mol. The smallest absolute Gasteiger partial charge is 0.137 e. The van der Waals surface area contributed by atoms with E-state index < -0.39 is 0 Å². The molecule has 1 aromatic carbocycles. The summed E-state index contributed by atoms with van der Waals surface area (Å²) >= 11 is 0. The van der Waals surface area contributed by atoms with Crippen LogP contribution in [-0.4, -0.2) is 57.4 Å². The van der Waals surface area contributed by atoms with Crippen molar-refractivity contribution in [2.24, 2.45) is 0 Å². The summed E-state index contributed by atoms with van der Waals surface area (Å²) in [5, 5.41) is 9.19. The summed E-state index contributed by atoms with van der Waals surface area (Å²) in [6.07, 6.45) is 7.03. The minimum absolute atomic E-state index is 0.661. The Morgan fingerprint density at radius 1 is 0.938 bits per heavy atom. The molecular formula is C26H26N6. The lowest BCUT2D eigenvalue weighted by Crippen LogP contribution is -2.29. The highest BCUT2D eigenvalue weighted by Crippen LogP contribution is 2.28. The van der Waals surface area contributed by atoms with E-state index in [1.54, 1.807) is 6.20 Å². The van der Waals surface area contributed by atoms with Crippen LogP contribution >= 0.6 is 0 Å². The van der Waals surface area contributed by atoms with Gasteiger partial charge in [0.1, 0.15) is 5.65 Å². The Morgan fingerprint density at radius 3 is 2.56 bits per heavy atom. The van der Waals surface area contributed by atoms with Gasteiger partial charge in [-0.15, -0.1) is 0 Å². The van der Waals surface area contributed by atoms with Crippen LogP contribution in [0.25, 0.3) is 28.0 Å². The van der Waals surface area contributed by atoms with Gasteiger partial charge in [0.2, 0.25) is 0 Å². The molecular weight excluding hydrogens is 396 g/mol. The number of fused-ring (bicyclic) bond motifs is 1. The monoisotopic (exact) mass is 422 g/mol. The van der Waals surface area contributed by atoms with Gasteiger partial charge in [0.25, 0.3) is 0 Å². The first kappa shape index (κ1) is 20.4.